The highest BCUT2D eigenvalue weighted by Gasteiger charge is 2.32. The van der Waals surface area contributed by atoms with Gasteiger partial charge in [0, 0.05) is 18.4 Å². The minimum atomic E-state index is -4.97. The number of unbranched alkanes of at least 4 members (excludes halogenated alkanes) is 4. The Morgan fingerprint density at radius 2 is 1.56 bits per heavy atom. The number of alkyl halides is 3. The van der Waals surface area contributed by atoms with Crippen molar-refractivity contribution in [1.82, 2.24) is 0 Å². The van der Waals surface area contributed by atoms with Gasteiger partial charge in [-0.2, -0.15) is 0 Å². The summed E-state index contributed by atoms with van der Waals surface area (Å²) in [5.41, 5.74) is 1.93. The van der Waals surface area contributed by atoms with E-state index in [9.17, 15) is 17.6 Å². The van der Waals surface area contributed by atoms with Gasteiger partial charge in [0.15, 0.2) is 17.9 Å². The van der Waals surface area contributed by atoms with Gasteiger partial charge in [0.05, 0.1) is 13.2 Å². The zero-order valence-corrected chi connectivity index (χ0v) is 23.3. The number of aryl methyl sites for hydroxylation is 3. The van der Waals surface area contributed by atoms with Gasteiger partial charge < -0.3 is 18.9 Å². The molecule has 9 heteroatoms. The Labute approximate surface area is 237 Å². The van der Waals surface area contributed by atoms with Crippen LogP contribution < -0.4 is 4.74 Å². The minimum absolute atomic E-state index is 0.0305. The van der Waals surface area contributed by atoms with E-state index >= 15 is 4.39 Å². The van der Waals surface area contributed by atoms with Crippen molar-refractivity contribution in [2.24, 2.45) is 0 Å². The lowest BCUT2D eigenvalue weighted by Crippen LogP contribution is -2.37. The monoisotopic (exact) mass is 580 g/mol. The van der Waals surface area contributed by atoms with E-state index in [4.69, 9.17) is 14.2 Å². The summed E-state index contributed by atoms with van der Waals surface area (Å²) in [7, 11) is 0. The van der Waals surface area contributed by atoms with Gasteiger partial charge in [0.1, 0.15) is 11.9 Å². The van der Waals surface area contributed by atoms with Crippen LogP contribution >= 0.6 is 0 Å². The van der Waals surface area contributed by atoms with Crippen LogP contribution in [0, 0.1) is 11.6 Å². The zero-order valence-electron chi connectivity index (χ0n) is 23.3. The molecule has 0 amide bonds. The number of fused-ring (bicyclic) bond motifs is 1. The highest BCUT2D eigenvalue weighted by molar-refractivity contribution is 5.84. The van der Waals surface area contributed by atoms with Crippen LogP contribution in [0.25, 0.3) is 10.8 Å². The third kappa shape index (κ3) is 9.65. The number of hydrogen-bond acceptors (Lipinski definition) is 4. The highest BCUT2D eigenvalue weighted by Crippen LogP contribution is 2.28. The van der Waals surface area contributed by atoms with Crippen molar-refractivity contribution < 1.29 is 40.9 Å². The van der Waals surface area contributed by atoms with Gasteiger partial charge in [-0.1, -0.05) is 69.0 Å². The van der Waals surface area contributed by atoms with Crippen molar-refractivity contribution >= 4 is 10.8 Å². The smallest absolute Gasteiger partial charge is 0.403 e. The van der Waals surface area contributed by atoms with Crippen molar-refractivity contribution in [3.63, 3.8) is 0 Å². The molecule has 3 aromatic rings. The molecule has 224 valence electrons. The van der Waals surface area contributed by atoms with E-state index in [1.165, 1.54) is 31.7 Å². The van der Waals surface area contributed by atoms with E-state index in [2.05, 4.69) is 11.7 Å². The molecule has 41 heavy (non-hydrogen) atoms. The Morgan fingerprint density at radius 1 is 0.829 bits per heavy atom. The fourth-order valence-electron chi connectivity index (χ4n) is 4.95. The van der Waals surface area contributed by atoms with Gasteiger partial charge in [-0.15, -0.1) is 13.2 Å². The van der Waals surface area contributed by atoms with Crippen molar-refractivity contribution in [1.29, 1.82) is 0 Å². The highest BCUT2D eigenvalue weighted by atomic mass is 19.4. The standard InChI is InChI=1S/C32H37F5O4/c1-2-3-4-5-6-17-38-26-20-39-30(40-21-26)16-10-22-8-14-27-25(18-22)13-12-24(31(27)34)11-7-23-9-15-29(28(33)19-23)41-32(35,36)37/h8-9,12-15,18-19,26,30H,2-7,10-11,16-17,20-21H2,1H3. The summed E-state index contributed by atoms with van der Waals surface area (Å²) in [6.07, 6.45) is 2.60. The molecule has 0 radical (unpaired) electrons. The van der Waals surface area contributed by atoms with E-state index in [0.29, 0.717) is 42.6 Å². The van der Waals surface area contributed by atoms with Gasteiger partial charge in [-0.05, 0) is 59.9 Å². The third-order valence-electron chi connectivity index (χ3n) is 7.21. The molecular weight excluding hydrogens is 543 g/mol. The van der Waals surface area contributed by atoms with Crippen LogP contribution in [0.4, 0.5) is 22.0 Å². The van der Waals surface area contributed by atoms with Crippen LogP contribution in [0.3, 0.4) is 0 Å². The Bertz CT molecular complexity index is 1250. The summed E-state index contributed by atoms with van der Waals surface area (Å²) in [6.45, 7) is 3.96. The molecule has 0 saturated carbocycles. The lowest BCUT2D eigenvalue weighted by molar-refractivity contribution is -0.275. The molecule has 4 rings (SSSR count). The molecule has 4 nitrogen and oxygen atoms in total. The molecule has 3 aromatic carbocycles. The summed E-state index contributed by atoms with van der Waals surface area (Å²) in [5, 5.41) is 1.24. The molecule has 1 saturated heterocycles. The van der Waals surface area contributed by atoms with Gasteiger partial charge in [0.2, 0.25) is 0 Å². The fraction of sp³-hybridized carbons (Fsp3) is 0.500. The molecule has 1 aliphatic heterocycles. The predicted octanol–water partition coefficient (Wildman–Crippen LogP) is 8.46. The summed E-state index contributed by atoms with van der Waals surface area (Å²) in [5.74, 6) is -2.36. The molecular formula is C32H37F5O4. The topological polar surface area (TPSA) is 36.9 Å². The summed E-state index contributed by atoms with van der Waals surface area (Å²) >= 11 is 0. The average Bonchev–Trinajstić information content (AvgIpc) is 2.95. The summed E-state index contributed by atoms with van der Waals surface area (Å²) in [4.78, 5) is 0. The second-order valence-corrected chi connectivity index (χ2v) is 10.4. The quantitative estimate of drug-likeness (QED) is 0.142. The largest absolute Gasteiger partial charge is 0.573 e. The van der Waals surface area contributed by atoms with Crippen LogP contribution in [-0.4, -0.2) is 38.6 Å². The van der Waals surface area contributed by atoms with E-state index in [1.54, 1.807) is 12.1 Å². The van der Waals surface area contributed by atoms with Crippen LogP contribution in [-0.2, 0) is 33.5 Å². The number of benzene rings is 3. The van der Waals surface area contributed by atoms with Gasteiger partial charge in [-0.3, -0.25) is 0 Å². The van der Waals surface area contributed by atoms with Crippen LogP contribution in [0.5, 0.6) is 5.75 Å². The maximum Gasteiger partial charge on any atom is 0.573 e. The first-order valence-electron chi connectivity index (χ1n) is 14.3. The molecule has 0 atom stereocenters. The van der Waals surface area contributed by atoms with Crippen molar-refractivity contribution in [3.8, 4) is 5.75 Å². The second-order valence-electron chi connectivity index (χ2n) is 10.4. The Kier molecular flexibility index (Phi) is 11.4. The molecule has 1 heterocycles. The zero-order chi connectivity index (χ0) is 29.2. The molecule has 0 bridgehead atoms. The SMILES string of the molecule is CCCCCCCOC1COC(CCc2ccc3c(F)c(CCc4ccc(OC(F)(F)F)c(F)c4)ccc3c2)OC1. The van der Waals surface area contributed by atoms with Crippen molar-refractivity contribution in [2.45, 2.75) is 83.5 Å². The number of hydrogen-bond donors (Lipinski definition) is 0. The predicted molar refractivity (Wildman–Crippen MR) is 147 cm³/mol. The molecule has 0 aromatic heterocycles. The lowest BCUT2D eigenvalue weighted by Gasteiger charge is -2.29. The van der Waals surface area contributed by atoms with Crippen LogP contribution in [0.2, 0.25) is 0 Å². The number of rotatable bonds is 14. The summed E-state index contributed by atoms with van der Waals surface area (Å²) in [6, 6.07) is 12.4. The van der Waals surface area contributed by atoms with Gasteiger partial charge in [0.25, 0.3) is 0 Å². The van der Waals surface area contributed by atoms with Gasteiger partial charge in [-0.25, -0.2) is 8.78 Å². The first-order chi connectivity index (χ1) is 19.7. The summed E-state index contributed by atoms with van der Waals surface area (Å²) < 4.78 is 87.5. The van der Waals surface area contributed by atoms with Crippen molar-refractivity contribution in [3.05, 3.63) is 76.9 Å². The third-order valence-corrected chi connectivity index (χ3v) is 7.21. The molecule has 0 unspecified atom stereocenters. The number of halogens is 5. The van der Waals surface area contributed by atoms with Crippen LogP contribution in [0.15, 0.2) is 48.5 Å². The Morgan fingerprint density at radius 3 is 2.29 bits per heavy atom. The fourth-order valence-corrected chi connectivity index (χ4v) is 4.95. The Balaban J connectivity index is 1.24. The molecule has 1 fully saturated rings. The first kappa shape index (κ1) is 31.2. The Hall–Kier alpha value is -2.75. The average molecular weight is 581 g/mol. The normalized spacial score (nSPS) is 17.7. The van der Waals surface area contributed by atoms with Crippen molar-refractivity contribution in [2.75, 3.05) is 19.8 Å². The van der Waals surface area contributed by atoms with E-state index < -0.39 is 17.9 Å². The maximum atomic E-state index is 15.2. The van der Waals surface area contributed by atoms with E-state index in [0.717, 1.165) is 36.1 Å². The maximum absolute atomic E-state index is 15.2. The number of ether oxygens (including phenoxy) is 4. The lowest BCUT2D eigenvalue weighted by atomic mass is 9.98. The molecule has 1 aliphatic rings. The van der Waals surface area contributed by atoms with E-state index in [1.807, 2.05) is 18.2 Å². The first-order valence-corrected chi connectivity index (χ1v) is 14.3. The molecule has 0 N–H and O–H groups in total. The van der Waals surface area contributed by atoms with E-state index in [-0.39, 0.29) is 31.1 Å². The molecule has 0 spiro atoms. The molecule has 0 aliphatic carbocycles. The van der Waals surface area contributed by atoms with Gasteiger partial charge >= 0.3 is 6.36 Å². The minimum Gasteiger partial charge on any atom is -0.403 e. The van der Waals surface area contributed by atoms with Crippen LogP contribution in [0.1, 0.15) is 62.1 Å². The second kappa shape index (κ2) is 14.9.